The summed E-state index contributed by atoms with van der Waals surface area (Å²) in [5.74, 6) is -1.47. The van der Waals surface area contributed by atoms with Crippen LogP contribution in [0.4, 0.5) is 0 Å². The van der Waals surface area contributed by atoms with E-state index in [1.807, 2.05) is 27.7 Å². The number of fused-ring (bicyclic) bond motifs is 3. The molecule has 3 heterocycles. The zero-order valence-corrected chi connectivity index (χ0v) is 11.5. The first kappa shape index (κ1) is 13.4. The molecule has 7 nitrogen and oxygen atoms in total. The van der Waals surface area contributed by atoms with E-state index in [1.54, 1.807) is 0 Å². The van der Waals surface area contributed by atoms with Crippen LogP contribution in [0.25, 0.3) is 0 Å². The quantitative estimate of drug-likeness (QED) is 0.702. The summed E-state index contributed by atoms with van der Waals surface area (Å²) >= 11 is 0. The van der Waals surface area contributed by atoms with E-state index in [0.29, 0.717) is 0 Å². The van der Waals surface area contributed by atoms with Crippen molar-refractivity contribution in [3.8, 4) is 0 Å². The standard InChI is InChI=1S/C12H19NO6/c1-11(2)16-7-6(5-13-14)15-10-9(8(7)17-11)18-12(3,4)19-10/h6-10H,5H2,1-4H3/t6-,7+,8?,9-,10-/m0/s1. The van der Waals surface area contributed by atoms with E-state index in [0.717, 1.165) is 0 Å². The van der Waals surface area contributed by atoms with Crippen LogP contribution >= 0.6 is 0 Å². The van der Waals surface area contributed by atoms with Gasteiger partial charge in [0.25, 0.3) is 0 Å². The molecule has 1 unspecified atom stereocenters. The predicted molar refractivity (Wildman–Crippen MR) is 63.2 cm³/mol. The molecule has 0 spiro atoms. The van der Waals surface area contributed by atoms with Gasteiger partial charge in [-0.15, -0.1) is 0 Å². The number of rotatable bonds is 2. The molecule has 0 aliphatic carbocycles. The van der Waals surface area contributed by atoms with Gasteiger partial charge in [0.05, 0.1) is 0 Å². The fourth-order valence-electron chi connectivity index (χ4n) is 2.91. The van der Waals surface area contributed by atoms with Crippen LogP contribution in [0.5, 0.6) is 0 Å². The Morgan fingerprint density at radius 1 is 0.895 bits per heavy atom. The highest BCUT2D eigenvalue weighted by Gasteiger charge is 2.60. The van der Waals surface area contributed by atoms with Crippen molar-refractivity contribution in [3.63, 3.8) is 0 Å². The van der Waals surface area contributed by atoms with Crippen molar-refractivity contribution in [1.29, 1.82) is 0 Å². The van der Waals surface area contributed by atoms with Crippen LogP contribution in [0, 0.1) is 4.91 Å². The van der Waals surface area contributed by atoms with Gasteiger partial charge in [0, 0.05) is 0 Å². The summed E-state index contributed by atoms with van der Waals surface area (Å²) < 4.78 is 29.0. The Balaban J connectivity index is 1.86. The van der Waals surface area contributed by atoms with Gasteiger partial charge in [-0.3, -0.25) is 0 Å². The fraction of sp³-hybridized carbons (Fsp3) is 1.00. The third-order valence-corrected chi connectivity index (χ3v) is 3.51. The van der Waals surface area contributed by atoms with Gasteiger partial charge in [0.15, 0.2) is 17.9 Å². The lowest BCUT2D eigenvalue weighted by atomic mass is 9.99. The number of ether oxygens (including phenoxy) is 5. The molecule has 3 rings (SSSR count). The molecule has 0 aromatic rings. The molecular weight excluding hydrogens is 254 g/mol. The zero-order chi connectivity index (χ0) is 13.8. The van der Waals surface area contributed by atoms with Gasteiger partial charge in [-0.25, -0.2) is 0 Å². The van der Waals surface area contributed by atoms with Crippen molar-refractivity contribution in [2.45, 2.75) is 70.0 Å². The van der Waals surface area contributed by atoms with Crippen LogP contribution in [0.15, 0.2) is 5.18 Å². The third-order valence-electron chi connectivity index (χ3n) is 3.51. The molecule has 0 saturated carbocycles. The lowest BCUT2D eigenvalue weighted by molar-refractivity contribution is -0.231. The predicted octanol–water partition coefficient (Wildman–Crippen LogP) is 1.15. The fourth-order valence-corrected chi connectivity index (χ4v) is 2.91. The minimum Gasteiger partial charge on any atom is -0.342 e. The van der Waals surface area contributed by atoms with Crippen LogP contribution in [0.1, 0.15) is 27.7 Å². The van der Waals surface area contributed by atoms with Gasteiger partial charge in [-0.05, 0) is 27.7 Å². The molecule has 3 aliphatic heterocycles. The van der Waals surface area contributed by atoms with E-state index in [4.69, 9.17) is 23.7 Å². The average molecular weight is 273 g/mol. The topological polar surface area (TPSA) is 75.6 Å². The van der Waals surface area contributed by atoms with Crippen LogP contribution < -0.4 is 0 Å². The van der Waals surface area contributed by atoms with Crippen LogP contribution in [0.3, 0.4) is 0 Å². The maximum absolute atomic E-state index is 10.5. The number of hydrogen-bond acceptors (Lipinski definition) is 7. The first-order valence-electron chi connectivity index (χ1n) is 6.47. The second kappa shape index (κ2) is 4.20. The van der Waals surface area contributed by atoms with E-state index < -0.39 is 24.0 Å². The summed E-state index contributed by atoms with van der Waals surface area (Å²) in [5.41, 5.74) is 0. The van der Waals surface area contributed by atoms with Crippen molar-refractivity contribution in [2.75, 3.05) is 6.54 Å². The normalized spacial score (nSPS) is 46.6. The molecule has 5 atom stereocenters. The van der Waals surface area contributed by atoms with Crippen molar-refractivity contribution in [2.24, 2.45) is 5.18 Å². The molecule has 108 valence electrons. The summed E-state index contributed by atoms with van der Waals surface area (Å²) in [5, 5.41) is 2.91. The molecule has 7 heteroatoms. The Bertz CT molecular complexity index is 384. The first-order chi connectivity index (χ1) is 8.81. The summed E-state index contributed by atoms with van der Waals surface area (Å²) in [4.78, 5) is 10.5. The number of nitrogens with zero attached hydrogens (tertiary/aromatic N) is 1. The highest BCUT2D eigenvalue weighted by molar-refractivity contribution is 5.00. The maximum atomic E-state index is 10.5. The summed E-state index contributed by atoms with van der Waals surface area (Å²) in [6.07, 6.45) is -2.07. The molecule has 3 aliphatic rings. The van der Waals surface area contributed by atoms with Crippen molar-refractivity contribution in [1.82, 2.24) is 0 Å². The van der Waals surface area contributed by atoms with E-state index in [1.165, 1.54) is 0 Å². The molecule has 3 saturated heterocycles. The van der Waals surface area contributed by atoms with E-state index in [9.17, 15) is 4.91 Å². The van der Waals surface area contributed by atoms with Gasteiger partial charge in [0.2, 0.25) is 0 Å². The van der Waals surface area contributed by atoms with E-state index in [2.05, 4.69) is 5.18 Å². The molecule has 19 heavy (non-hydrogen) atoms. The molecule has 0 N–H and O–H groups in total. The summed E-state index contributed by atoms with van der Waals surface area (Å²) in [6, 6.07) is 0. The minimum absolute atomic E-state index is 0.00755. The molecular formula is C12H19NO6. The Kier molecular flexibility index (Phi) is 2.96. The monoisotopic (exact) mass is 273 g/mol. The minimum atomic E-state index is -0.737. The molecule has 0 radical (unpaired) electrons. The second-order valence-corrected chi connectivity index (χ2v) is 6.02. The highest BCUT2D eigenvalue weighted by Crippen LogP contribution is 2.44. The van der Waals surface area contributed by atoms with Crippen molar-refractivity contribution in [3.05, 3.63) is 4.91 Å². The lowest BCUT2D eigenvalue weighted by Gasteiger charge is -2.36. The Morgan fingerprint density at radius 2 is 1.47 bits per heavy atom. The van der Waals surface area contributed by atoms with Crippen molar-refractivity contribution >= 4 is 0 Å². The highest BCUT2D eigenvalue weighted by atomic mass is 16.9. The van der Waals surface area contributed by atoms with Gasteiger partial charge >= 0.3 is 0 Å². The number of nitroso groups, excluding NO2 is 1. The summed E-state index contributed by atoms with van der Waals surface area (Å²) in [6.45, 7) is 7.29. The van der Waals surface area contributed by atoms with Crippen LogP contribution in [0.2, 0.25) is 0 Å². The molecule has 0 amide bonds. The van der Waals surface area contributed by atoms with Crippen molar-refractivity contribution < 1.29 is 23.7 Å². The molecule has 0 bridgehead atoms. The van der Waals surface area contributed by atoms with Crippen LogP contribution in [-0.2, 0) is 23.7 Å². The average Bonchev–Trinajstić information content (AvgIpc) is 2.74. The van der Waals surface area contributed by atoms with Gasteiger partial charge in [-0.1, -0.05) is 5.18 Å². The lowest BCUT2D eigenvalue weighted by Crippen LogP contribution is -2.55. The number of hydrogen-bond donors (Lipinski definition) is 0. The smallest absolute Gasteiger partial charge is 0.190 e. The maximum Gasteiger partial charge on any atom is 0.190 e. The zero-order valence-electron chi connectivity index (χ0n) is 11.5. The Hall–Kier alpha value is -0.600. The molecule has 3 fully saturated rings. The SMILES string of the molecule is CC1(C)O[C@@H]2O[C@@H](CN=O)[C@H]3OC(C)(C)OC3[C@@H]2O1. The largest absolute Gasteiger partial charge is 0.342 e. The molecule has 0 aromatic heterocycles. The first-order valence-corrected chi connectivity index (χ1v) is 6.47. The van der Waals surface area contributed by atoms with E-state index >= 15 is 0 Å². The summed E-state index contributed by atoms with van der Waals surface area (Å²) in [7, 11) is 0. The molecule has 0 aromatic carbocycles. The second-order valence-electron chi connectivity index (χ2n) is 6.02. The van der Waals surface area contributed by atoms with Gasteiger partial charge in [-0.2, -0.15) is 4.91 Å². The van der Waals surface area contributed by atoms with Gasteiger partial charge in [0.1, 0.15) is 31.0 Å². The Morgan fingerprint density at radius 3 is 2.16 bits per heavy atom. The third kappa shape index (κ3) is 2.30. The van der Waals surface area contributed by atoms with Crippen LogP contribution in [-0.4, -0.2) is 48.8 Å². The van der Waals surface area contributed by atoms with Gasteiger partial charge < -0.3 is 23.7 Å². The van der Waals surface area contributed by atoms with E-state index in [-0.39, 0.29) is 24.9 Å². The Labute approximate surface area is 111 Å².